The summed E-state index contributed by atoms with van der Waals surface area (Å²) in [5.41, 5.74) is 1.45. The van der Waals surface area contributed by atoms with Gasteiger partial charge in [0.05, 0.1) is 27.2 Å². The maximum absolute atomic E-state index is 14.6. The summed E-state index contributed by atoms with van der Waals surface area (Å²) in [6.07, 6.45) is 0.673. The number of hydrogen-bond donors (Lipinski definition) is 0. The third kappa shape index (κ3) is 2.93. The van der Waals surface area contributed by atoms with Crippen molar-refractivity contribution < 1.29 is 18.8 Å². The predicted octanol–water partition coefficient (Wildman–Crippen LogP) is 5.04. The number of ketones is 1. The first kappa shape index (κ1) is 24.2. The van der Waals surface area contributed by atoms with E-state index in [1.807, 2.05) is 32.9 Å². The van der Waals surface area contributed by atoms with Gasteiger partial charge in [-0.3, -0.25) is 24.1 Å². The Morgan fingerprint density at radius 3 is 2.47 bits per heavy atom. The SMILES string of the molecule is CCCN1C(=O)C2(c3ccccc31)c1c(oc3cc(C)c(C)cc3c1=O)C(=O)N2c1nc(C)c(C(C)=O)s1. The van der Waals surface area contributed by atoms with Crippen molar-refractivity contribution in [1.82, 2.24) is 4.98 Å². The molecule has 9 heteroatoms. The van der Waals surface area contributed by atoms with E-state index in [2.05, 4.69) is 4.98 Å². The minimum atomic E-state index is -1.80. The van der Waals surface area contributed by atoms with Gasteiger partial charge in [-0.1, -0.05) is 36.5 Å². The van der Waals surface area contributed by atoms with Gasteiger partial charge < -0.3 is 9.32 Å². The molecule has 4 aromatic rings. The number of amides is 2. The average Bonchev–Trinajstić information content (AvgIpc) is 3.46. The summed E-state index contributed by atoms with van der Waals surface area (Å²) in [5, 5.41) is 0.473. The van der Waals surface area contributed by atoms with Crippen molar-refractivity contribution in [2.75, 3.05) is 16.3 Å². The highest BCUT2D eigenvalue weighted by molar-refractivity contribution is 7.17. The fraction of sp³-hybridized carbons (Fsp3) is 0.276. The van der Waals surface area contributed by atoms with Crippen molar-refractivity contribution in [3.63, 3.8) is 0 Å². The predicted molar refractivity (Wildman–Crippen MR) is 145 cm³/mol. The zero-order valence-corrected chi connectivity index (χ0v) is 22.5. The smallest absolute Gasteiger partial charge is 0.297 e. The van der Waals surface area contributed by atoms with Crippen LogP contribution in [0.15, 0.2) is 45.6 Å². The van der Waals surface area contributed by atoms with Gasteiger partial charge in [0.15, 0.2) is 21.9 Å². The minimum absolute atomic E-state index is 0.00784. The molecule has 2 amide bonds. The van der Waals surface area contributed by atoms with E-state index in [0.717, 1.165) is 22.5 Å². The lowest BCUT2D eigenvalue weighted by Gasteiger charge is -2.32. The second-order valence-corrected chi connectivity index (χ2v) is 10.8. The van der Waals surface area contributed by atoms with Crippen LogP contribution in [0.25, 0.3) is 11.0 Å². The number of aryl methyl sites for hydroxylation is 3. The molecule has 0 aliphatic carbocycles. The molecule has 0 radical (unpaired) electrons. The number of rotatable bonds is 4. The van der Waals surface area contributed by atoms with Gasteiger partial charge in [0.1, 0.15) is 5.58 Å². The molecule has 2 aromatic carbocycles. The van der Waals surface area contributed by atoms with Gasteiger partial charge in [0, 0.05) is 19.0 Å². The number of thiazole rings is 1. The van der Waals surface area contributed by atoms with Crippen molar-refractivity contribution in [3.05, 3.63) is 85.2 Å². The Morgan fingerprint density at radius 2 is 1.79 bits per heavy atom. The monoisotopic (exact) mass is 527 g/mol. The van der Waals surface area contributed by atoms with E-state index in [9.17, 15) is 19.2 Å². The van der Waals surface area contributed by atoms with Crippen molar-refractivity contribution in [1.29, 1.82) is 0 Å². The van der Waals surface area contributed by atoms with Gasteiger partial charge >= 0.3 is 0 Å². The molecule has 0 saturated heterocycles. The molecule has 0 N–H and O–H groups in total. The lowest BCUT2D eigenvalue weighted by atomic mass is 9.84. The Kier molecular flexibility index (Phi) is 5.23. The molecular weight excluding hydrogens is 502 g/mol. The van der Waals surface area contributed by atoms with Crippen molar-refractivity contribution in [2.45, 2.75) is 46.6 Å². The van der Waals surface area contributed by atoms with E-state index in [1.54, 1.807) is 36.1 Å². The Balaban J connectivity index is 1.77. The summed E-state index contributed by atoms with van der Waals surface area (Å²) in [6.45, 7) is 9.29. The van der Waals surface area contributed by atoms with Crippen molar-refractivity contribution >= 4 is 50.7 Å². The quantitative estimate of drug-likeness (QED) is 0.345. The second-order valence-electron chi connectivity index (χ2n) is 9.86. The molecule has 1 unspecified atom stereocenters. The first-order chi connectivity index (χ1) is 18.1. The lowest BCUT2D eigenvalue weighted by Crippen LogP contribution is -2.53. The number of carbonyl (C=O) groups excluding carboxylic acids is 3. The summed E-state index contributed by atoms with van der Waals surface area (Å²) >= 11 is 1.04. The number of aromatic nitrogens is 1. The molecule has 4 heterocycles. The zero-order valence-electron chi connectivity index (χ0n) is 21.7. The maximum Gasteiger partial charge on any atom is 0.297 e. The van der Waals surface area contributed by atoms with Crippen molar-refractivity contribution in [2.24, 2.45) is 0 Å². The van der Waals surface area contributed by atoms with Crippen LogP contribution < -0.4 is 15.2 Å². The molecule has 0 saturated carbocycles. The summed E-state index contributed by atoms with van der Waals surface area (Å²) in [7, 11) is 0. The molecule has 38 heavy (non-hydrogen) atoms. The van der Waals surface area contributed by atoms with Crippen LogP contribution in [0.1, 0.15) is 68.4 Å². The Morgan fingerprint density at radius 1 is 1.08 bits per heavy atom. The first-order valence-corrected chi connectivity index (χ1v) is 13.3. The summed E-state index contributed by atoms with van der Waals surface area (Å²) in [6, 6.07) is 10.7. The van der Waals surface area contributed by atoms with Gasteiger partial charge in [-0.2, -0.15) is 0 Å². The molecule has 2 aliphatic heterocycles. The van der Waals surface area contributed by atoms with Crippen LogP contribution in [0.2, 0.25) is 0 Å². The number of para-hydroxylation sites is 1. The normalized spacial score (nSPS) is 18.1. The minimum Gasteiger partial charge on any atom is -0.450 e. The van der Waals surface area contributed by atoms with Gasteiger partial charge in [-0.15, -0.1) is 0 Å². The highest BCUT2D eigenvalue weighted by Crippen LogP contribution is 2.54. The fourth-order valence-electron chi connectivity index (χ4n) is 5.67. The standard InChI is InChI=1S/C29H25N3O5S/c1-6-11-31-20-10-8-7-9-19(20)29(27(31)36)22-23(34)18-12-14(2)15(3)13-21(18)37-24(22)26(35)32(29)28-30-16(4)25(38-28)17(5)33/h7-10,12-13H,6,11H2,1-5H3. The van der Waals surface area contributed by atoms with Gasteiger partial charge in [0.2, 0.25) is 5.76 Å². The molecule has 6 rings (SSSR count). The lowest BCUT2D eigenvalue weighted by molar-refractivity contribution is -0.121. The van der Waals surface area contributed by atoms with Crippen LogP contribution in [0.4, 0.5) is 10.8 Å². The van der Waals surface area contributed by atoms with E-state index in [1.165, 1.54) is 11.8 Å². The number of benzene rings is 2. The van der Waals surface area contributed by atoms with Crippen LogP contribution in [0.3, 0.4) is 0 Å². The van der Waals surface area contributed by atoms with Crippen molar-refractivity contribution in [3.8, 4) is 0 Å². The van der Waals surface area contributed by atoms with Crippen LogP contribution in [-0.4, -0.2) is 29.1 Å². The summed E-state index contributed by atoms with van der Waals surface area (Å²) in [5.74, 6) is -1.42. The molecule has 1 atom stereocenters. The van der Waals surface area contributed by atoms with Gasteiger partial charge in [-0.25, -0.2) is 4.98 Å². The van der Waals surface area contributed by atoms with Gasteiger partial charge in [-0.05, 0) is 56.5 Å². The topological polar surface area (TPSA) is 101 Å². The summed E-state index contributed by atoms with van der Waals surface area (Å²) < 4.78 is 6.16. The molecule has 0 bridgehead atoms. The average molecular weight is 528 g/mol. The largest absolute Gasteiger partial charge is 0.450 e. The van der Waals surface area contributed by atoms with E-state index in [0.29, 0.717) is 40.2 Å². The number of fused-ring (bicyclic) bond motifs is 5. The van der Waals surface area contributed by atoms with Gasteiger partial charge in [0.25, 0.3) is 11.8 Å². The van der Waals surface area contributed by atoms with E-state index in [-0.39, 0.29) is 27.8 Å². The zero-order chi connectivity index (χ0) is 27.1. The highest BCUT2D eigenvalue weighted by Gasteiger charge is 2.66. The third-order valence-corrected chi connectivity index (χ3v) is 8.73. The molecule has 192 valence electrons. The van der Waals surface area contributed by atoms with Crippen LogP contribution in [-0.2, 0) is 10.3 Å². The Hall–Kier alpha value is -4.11. The number of nitrogens with zero attached hydrogens (tertiary/aromatic N) is 3. The highest BCUT2D eigenvalue weighted by atomic mass is 32.1. The van der Waals surface area contributed by atoms with Crippen LogP contribution in [0, 0.1) is 20.8 Å². The van der Waals surface area contributed by atoms with Crippen LogP contribution in [0.5, 0.6) is 0 Å². The number of Topliss-reactive ketones (excluding diaryl/α,β-unsaturated/α-hetero) is 1. The number of hydrogen-bond acceptors (Lipinski definition) is 7. The first-order valence-electron chi connectivity index (χ1n) is 12.5. The summed E-state index contributed by atoms with van der Waals surface area (Å²) in [4.78, 5) is 63.2. The Bertz CT molecular complexity index is 1790. The number of carbonyl (C=O) groups is 3. The number of anilines is 2. The fourth-order valence-corrected chi connectivity index (χ4v) is 6.68. The van der Waals surface area contributed by atoms with Crippen LogP contribution >= 0.6 is 11.3 Å². The third-order valence-electron chi connectivity index (χ3n) is 7.48. The molecule has 2 aromatic heterocycles. The van der Waals surface area contributed by atoms with E-state index in [4.69, 9.17) is 4.42 Å². The Labute approximate surface area is 222 Å². The maximum atomic E-state index is 14.6. The molecule has 8 nitrogen and oxygen atoms in total. The molecular formula is C29H25N3O5S. The molecule has 2 aliphatic rings. The second kappa shape index (κ2) is 8.19. The van der Waals surface area contributed by atoms with E-state index < -0.39 is 22.8 Å². The van der Waals surface area contributed by atoms with E-state index >= 15 is 0 Å². The molecule has 1 spiro atoms. The molecule has 0 fully saturated rings.